The number of carbonyl (C=O) groups is 1. The average Bonchev–Trinajstić information content (AvgIpc) is 3.05. The predicted molar refractivity (Wildman–Crippen MR) is 101 cm³/mol. The Balaban J connectivity index is 1.51. The number of fused-ring (bicyclic) bond motifs is 3. The van der Waals surface area contributed by atoms with Crippen molar-refractivity contribution in [2.24, 2.45) is 0 Å². The first-order valence-electron chi connectivity index (χ1n) is 8.76. The van der Waals surface area contributed by atoms with Crippen LogP contribution in [0.5, 0.6) is 11.5 Å². The van der Waals surface area contributed by atoms with Gasteiger partial charge in [-0.3, -0.25) is 4.79 Å². The van der Waals surface area contributed by atoms with E-state index in [1.807, 2.05) is 41.3 Å². The molecule has 134 valence electrons. The summed E-state index contributed by atoms with van der Waals surface area (Å²) in [4.78, 5) is 18.1. The van der Waals surface area contributed by atoms with Crippen molar-refractivity contribution in [2.45, 2.75) is 19.4 Å². The van der Waals surface area contributed by atoms with Crippen LogP contribution in [0.25, 0.3) is 10.9 Å². The zero-order chi connectivity index (χ0) is 18.1. The summed E-state index contributed by atoms with van der Waals surface area (Å²) in [5.74, 6) is 1.81. The van der Waals surface area contributed by atoms with E-state index in [1.165, 1.54) is 10.9 Å². The van der Waals surface area contributed by atoms with Crippen LogP contribution in [0.2, 0.25) is 0 Å². The summed E-state index contributed by atoms with van der Waals surface area (Å²) >= 11 is 0. The lowest BCUT2D eigenvalue weighted by atomic mass is 10.0. The number of aromatic nitrogens is 1. The Morgan fingerprint density at radius 3 is 2.54 bits per heavy atom. The zero-order valence-corrected chi connectivity index (χ0v) is 15.0. The van der Waals surface area contributed by atoms with Gasteiger partial charge >= 0.3 is 0 Å². The maximum atomic E-state index is 12.7. The lowest BCUT2D eigenvalue weighted by molar-refractivity contribution is -0.131. The summed E-state index contributed by atoms with van der Waals surface area (Å²) in [5.41, 5.74) is 4.53. The molecule has 1 N–H and O–H groups in total. The molecule has 0 saturated carbocycles. The number of H-pyrrole nitrogens is 1. The fraction of sp³-hybridized carbons (Fsp3) is 0.286. The highest BCUT2D eigenvalue weighted by Crippen LogP contribution is 2.30. The lowest BCUT2D eigenvalue weighted by Crippen LogP contribution is -2.36. The number of hydrogen-bond acceptors (Lipinski definition) is 3. The van der Waals surface area contributed by atoms with E-state index in [-0.39, 0.29) is 5.91 Å². The number of carbonyl (C=O) groups excluding carboxylic acids is 1. The number of methoxy groups -OCH3 is 2. The van der Waals surface area contributed by atoms with Crippen molar-refractivity contribution >= 4 is 16.8 Å². The van der Waals surface area contributed by atoms with Crippen molar-refractivity contribution in [3.8, 4) is 11.5 Å². The molecule has 26 heavy (non-hydrogen) atoms. The quantitative estimate of drug-likeness (QED) is 0.785. The molecular weight excluding hydrogens is 328 g/mol. The van der Waals surface area contributed by atoms with Gasteiger partial charge in [-0.15, -0.1) is 0 Å². The smallest absolute Gasteiger partial charge is 0.227 e. The van der Waals surface area contributed by atoms with Crippen LogP contribution in [-0.2, 0) is 24.2 Å². The summed E-state index contributed by atoms with van der Waals surface area (Å²) < 4.78 is 10.5. The standard InChI is InChI=1S/C21H22N2O3/c1-25-15-5-3-14(4-6-15)11-21(24)23-10-9-17-18-12-16(26-2)7-8-19(18)22-20(17)13-23/h3-8,12,22H,9-11,13H2,1-2H3. The van der Waals surface area contributed by atoms with Crippen LogP contribution in [0.15, 0.2) is 42.5 Å². The number of nitrogens with zero attached hydrogens (tertiary/aromatic N) is 1. The Labute approximate surface area is 152 Å². The molecule has 1 aliphatic rings. The van der Waals surface area contributed by atoms with E-state index in [4.69, 9.17) is 9.47 Å². The van der Waals surface area contributed by atoms with Crippen molar-refractivity contribution in [3.05, 3.63) is 59.3 Å². The molecule has 2 aromatic carbocycles. The molecule has 1 amide bonds. The normalized spacial score (nSPS) is 13.5. The number of benzene rings is 2. The molecule has 5 nitrogen and oxygen atoms in total. The highest BCUT2D eigenvalue weighted by Gasteiger charge is 2.24. The van der Waals surface area contributed by atoms with E-state index in [1.54, 1.807) is 14.2 Å². The van der Waals surface area contributed by atoms with E-state index in [0.29, 0.717) is 13.0 Å². The summed E-state index contributed by atoms with van der Waals surface area (Å²) in [6.45, 7) is 1.37. The number of rotatable bonds is 4. The van der Waals surface area contributed by atoms with Crippen molar-refractivity contribution in [1.82, 2.24) is 9.88 Å². The van der Waals surface area contributed by atoms with E-state index in [0.717, 1.165) is 41.2 Å². The maximum Gasteiger partial charge on any atom is 0.227 e. The van der Waals surface area contributed by atoms with E-state index in [9.17, 15) is 4.79 Å². The molecule has 0 atom stereocenters. The van der Waals surface area contributed by atoms with E-state index < -0.39 is 0 Å². The summed E-state index contributed by atoms with van der Waals surface area (Å²) in [6.07, 6.45) is 1.27. The monoisotopic (exact) mass is 350 g/mol. The van der Waals surface area contributed by atoms with Crippen LogP contribution in [0.4, 0.5) is 0 Å². The molecular formula is C21H22N2O3. The van der Waals surface area contributed by atoms with Crippen molar-refractivity contribution in [3.63, 3.8) is 0 Å². The number of hydrogen-bond donors (Lipinski definition) is 1. The van der Waals surface area contributed by atoms with Crippen molar-refractivity contribution < 1.29 is 14.3 Å². The lowest BCUT2D eigenvalue weighted by Gasteiger charge is -2.27. The minimum absolute atomic E-state index is 0.150. The number of aromatic amines is 1. The predicted octanol–water partition coefficient (Wildman–Crippen LogP) is 3.31. The second kappa shape index (κ2) is 6.75. The molecule has 4 rings (SSSR count). The molecule has 0 aliphatic carbocycles. The van der Waals surface area contributed by atoms with Crippen LogP contribution in [0, 0.1) is 0 Å². The Hall–Kier alpha value is -2.95. The zero-order valence-electron chi connectivity index (χ0n) is 15.0. The van der Waals surface area contributed by atoms with Gasteiger partial charge in [0.25, 0.3) is 0 Å². The van der Waals surface area contributed by atoms with Gasteiger partial charge in [-0.25, -0.2) is 0 Å². The number of amides is 1. The molecule has 0 bridgehead atoms. The fourth-order valence-corrected chi connectivity index (χ4v) is 3.59. The molecule has 0 saturated heterocycles. The van der Waals surface area contributed by atoms with Crippen LogP contribution < -0.4 is 9.47 Å². The topological polar surface area (TPSA) is 54.6 Å². The summed E-state index contributed by atoms with van der Waals surface area (Å²) in [6, 6.07) is 13.7. The van der Waals surface area contributed by atoms with Crippen LogP contribution in [0.1, 0.15) is 16.8 Å². The van der Waals surface area contributed by atoms with Crippen LogP contribution in [-0.4, -0.2) is 36.6 Å². The Morgan fingerprint density at radius 2 is 1.81 bits per heavy atom. The molecule has 1 aliphatic heterocycles. The minimum Gasteiger partial charge on any atom is -0.497 e. The van der Waals surface area contributed by atoms with Gasteiger partial charge in [0.2, 0.25) is 5.91 Å². The van der Waals surface area contributed by atoms with Gasteiger partial charge in [0.15, 0.2) is 0 Å². The Kier molecular flexibility index (Phi) is 4.29. The SMILES string of the molecule is COc1ccc(CC(=O)N2CCc3c([nH]c4ccc(OC)cc34)C2)cc1. The Bertz CT molecular complexity index is 944. The summed E-state index contributed by atoms with van der Waals surface area (Å²) in [7, 11) is 3.32. The first-order chi connectivity index (χ1) is 12.7. The van der Waals surface area contributed by atoms with Gasteiger partial charge in [0.05, 0.1) is 27.2 Å². The van der Waals surface area contributed by atoms with Gasteiger partial charge in [0, 0.05) is 23.1 Å². The average molecular weight is 350 g/mol. The Morgan fingerprint density at radius 1 is 1.08 bits per heavy atom. The maximum absolute atomic E-state index is 12.7. The third-order valence-electron chi connectivity index (χ3n) is 5.05. The molecule has 2 heterocycles. The fourth-order valence-electron chi connectivity index (χ4n) is 3.59. The van der Waals surface area contributed by atoms with Gasteiger partial charge in [-0.2, -0.15) is 0 Å². The van der Waals surface area contributed by atoms with E-state index >= 15 is 0 Å². The molecule has 3 aromatic rings. The van der Waals surface area contributed by atoms with Crippen molar-refractivity contribution in [1.29, 1.82) is 0 Å². The highest BCUT2D eigenvalue weighted by molar-refractivity contribution is 5.87. The second-order valence-electron chi connectivity index (χ2n) is 6.58. The third-order valence-corrected chi connectivity index (χ3v) is 5.05. The molecule has 0 spiro atoms. The minimum atomic E-state index is 0.150. The summed E-state index contributed by atoms with van der Waals surface area (Å²) in [5, 5.41) is 1.20. The van der Waals surface area contributed by atoms with Gasteiger partial charge in [-0.1, -0.05) is 12.1 Å². The molecule has 0 unspecified atom stereocenters. The molecule has 5 heteroatoms. The first-order valence-corrected chi connectivity index (χ1v) is 8.76. The number of ether oxygens (including phenoxy) is 2. The molecule has 0 fully saturated rings. The van der Waals surface area contributed by atoms with Crippen molar-refractivity contribution in [2.75, 3.05) is 20.8 Å². The largest absolute Gasteiger partial charge is 0.497 e. The highest BCUT2D eigenvalue weighted by atomic mass is 16.5. The van der Waals surface area contributed by atoms with E-state index in [2.05, 4.69) is 11.1 Å². The second-order valence-corrected chi connectivity index (χ2v) is 6.58. The van der Waals surface area contributed by atoms with Gasteiger partial charge < -0.3 is 19.4 Å². The van der Waals surface area contributed by atoms with Gasteiger partial charge in [-0.05, 0) is 47.9 Å². The molecule has 1 aromatic heterocycles. The number of nitrogens with one attached hydrogen (secondary N) is 1. The van der Waals surface area contributed by atoms with Crippen LogP contribution in [0.3, 0.4) is 0 Å². The third kappa shape index (κ3) is 3.01. The van der Waals surface area contributed by atoms with Gasteiger partial charge in [0.1, 0.15) is 11.5 Å². The first kappa shape index (κ1) is 16.5. The van der Waals surface area contributed by atoms with Crippen LogP contribution >= 0.6 is 0 Å². The molecule has 0 radical (unpaired) electrons.